The van der Waals surface area contributed by atoms with Gasteiger partial charge < -0.3 is 45.6 Å². The molecule has 1 aliphatic rings. The van der Waals surface area contributed by atoms with Crippen LogP contribution in [-0.4, -0.2) is 73.9 Å². The molecule has 0 bridgehead atoms. The van der Waals surface area contributed by atoms with E-state index >= 15 is 0 Å². The van der Waals surface area contributed by atoms with Gasteiger partial charge in [-0.1, -0.05) is 13.8 Å². The number of hydrogen-bond donors (Lipinski definition) is 6. The molecule has 1 aliphatic heterocycles. The van der Waals surface area contributed by atoms with Crippen LogP contribution in [0.15, 0.2) is 30.3 Å². The molecule has 40 heavy (non-hydrogen) atoms. The van der Waals surface area contributed by atoms with E-state index in [0.717, 1.165) is 18.3 Å². The van der Waals surface area contributed by atoms with Crippen LogP contribution in [0, 0.1) is 17.0 Å². The Kier molecular flexibility index (Phi) is 8.21. The Bertz CT molecular complexity index is 1470. The van der Waals surface area contributed by atoms with E-state index in [0.29, 0.717) is 33.4 Å². The van der Waals surface area contributed by atoms with Gasteiger partial charge in [0.1, 0.15) is 18.3 Å². The average Bonchev–Trinajstić information content (AvgIpc) is 3.21. The van der Waals surface area contributed by atoms with E-state index in [1.165, 1.54) is 6.07 Å². The van der Waals surface area contributed by atoms with E-state index in [1.54, 1.807) is 16.7 Å². The molecule has 2 heterocycles. The highest BCUT2D eigenvalue weighted by Gasteiger charge is 2.48. The van der Waals surface area contributed by atoms with Crippen LogP contribution in [0.25, 0.3) is 16.6 Å². The molecule has 0 spiro atoms. The predicted octanol–water partition coefficient (Wildman–Crippen LogP) is 1.98. The third-order valence-electron chi connectivity index (χ3n) is 6.82. The number of aliphatic hydroxyl groups excluding tert-OH is 3. The maximum Gasteiger partial charge on any atom is 0.335 e. The number of anilines is 1. The van der Waals surface area contributed by atoms with Crippen LogP contribution in [0.4, 0.5) is 14.5 Å². The van der Waals surface area contributed by atoms with Gasteiger partial charge in [-0.05, 0) is 42.2 Å². The fourth-order valence-corrected chi connectivity index (χ4v) is 4.91. The first-order chi connectivity index (χ1) is 18.8. The first kappa shape index (κ1) is 29.1. The Morgan fingerprint density at radius 1 is 1.12 bits per heavy atom. The minimum atomic E-state index is -1.94. The van der Waals surface area contributed by atoms with Gasteiger partial charge in [0.25, 0.3) is 0 Å². The molecule has 0 aliphatic carbocycles. The Morgan fingerprint density at radius 2 is 1.82 bits per heavy atom. The molecule has 4 rings (SSSR count). The van der Waals surface area contributed by atoms with Crippen molar-refractivity contribution in [2.45, 2.75) is 63.3 Å². The van der Waals surface area contributed by atoms with Crippen molar-refractivity contribution in [2.24, 2.45) is 0 Å². The molecule has 13 heteroatoms. The number of nitrogens with zero attached hydrogens (tertiary/aromatic N) is 1. The molecule has 5 atom stereocenters. The highest BCUT2D eigenvalue weighted by molar-refractivity contribution is 5.98. The van der Waals surface area contributed by atoms with E-state index in [2.05, 4.69) is 0 Å². The van der Waals surface area contributed by atoms with Crippen LogP contribution in [0.3, 0.4) is 0 Å². The van der Waals surface area contributed by atoms with Gasteiger partial charge in [0, 0.05) is 46.7 Å². The average molecular weight is 562 g/mol. The molecule has 0 radical (unpaired) electrons. The smallest absolute Gasteiger partial charge is 0.335 e. The highest BCUT2D eigenvalue weighted by atomic mass is 19.2. The lowest BCUT2D eigenvalue weighted by atomic mass is 9.98. The normalized spacial score (nSPS) is 22.9. The lowest BCUT2D eigenvalue weighted by molar-refractivity contribution is -0.286. The third-order valence-corrected chi connectivity index (χ3v) is 6.82. The number of benzene rings is 2. The molecule has 0 unspecified atom stereocenters. The lowest BCUT2D eigenvalue weighted by Gasteiger charge is -2.37. The van der Waals surface area contributed by atoms with Crippen LogP contribution in [0.2, 0.25) is 0 Å². The van der Waals surface area contributed by atoms with Crippen LogP contribution >= 0.6 is 0 Å². The number of hydrogen-bond acceptors (Lipinski definition) is 9. The van der Waals surface area contributed by atoms with E-state index < -0.39 is 54.3 Å². The van der Waals surface area contributed by atoms with Crippen molar-refractivity contribution in [3.8, 4) is 5.69 Å². The number of rotatable bonds is 8. The molecule has 1 aromatic heterocycles. The summed E-state index contributed by atoms with van der Waals surface area (Å²) in [5.74, 6) is -4.78. The summed E-state index contributed by atoms with van der Waals surface area (Å²) in [5.41, 5.74) is 8.98. The van der Waals surface area contributed by atoms with E-state index in [4.69, 9.17) is 20.6 Å². The molecule has 0 amide bonds. The number of fused-ring (bicyclic) bond motifs is 1. The van der Waals surface area contributed by atoms with Gasteiger partial charge in [-0.2, -0.15) is 0 Å². The van der Waals surface area contributed by atoms with E-state index in [-0.39, 0.29) is 24.4 Å². The van der Waals surface area contributed by atoms with Crippen LogP contribution in [0.1, 0.15) is 43.0 Å². The maximum absolute atomic E-state index is 14.2. The Labute approximate surface area is 226 Å². The fraction of sp³-hybridized carbons (Fsp3) is 0.370. The van der Waals surface area contributed by atoms with Gasteiger partial charge in [0.05, 0.1) is 5.52 Å². The summed E-state index contributed by atoms with van der Waals surface area (Å²) in [4.78, 5) is 24.1. The van der Waals surface area contributed by atoms with Crippen molar-refractivity contribution in [1.82, 2.24) is 4.57 Å². The monoisotopic (exact) mass is 561 g/mol. The standard InChI is InChI=1S/C27H29F2N3O8/c1-11(2)21-14(4-6-20(33)39-27-24(36)22(34)23(35)25(40-27)26(37)38)15-9-18(31)12(10-30)7-19(15)32(21)13-3-5-16(28)17(29)8-13/h3,5,7-11,22-25,27,30,34-36H,4,6,31H2,1-2H3,(H,37,38)/t22-,23-,24+,25-,27+/m0/s1. The van der Waals surface area contributed by atoms with Gasteiger partial charge in [-0.15, -0.1) is 0 Å². The zero-order valence-electron chi connectivity index (χ0n) is 21.5. The van der Waals surface area contributed by atoms with Gasteiger partial charge in [0.15, 0.2) is 17.7 Å². The zero-order chi connectivity index (χ0) is 29.5. The number of aliphatic hydroxyl groups is 3. The number of nitrogen functional groups attached to an aromatic ring is 1. The second-order valence-corrected chi connectivity index (χ2v) is 9.82. The number of nitrogens with one attached hydrogen (secondary N) is 1. The predicted molar refractivity (Wildman–Crippen MR) is 138 cm³/mol. The van der Waals surface area contributed by atoms with Gasteiger partial charge in [0.2, 0.25) is 6.29 Å². The van der Waals surface area contributed by atoms with E-state index in [1.807, 2.05) is 13.8 Å². The molecule has 214 valence electrons. The van der Waals surface area contributed by atoms with Crippen LogP contribution in [0.5, 0.6) is 0 Å². The molecule has 7 N–H and O–H groups in total. The first-order valence-electron chi connectivity index (χ1n) is 12.4. The molecule has 0 saturated carbocycles. The number of halogens is 2. The Hall–Kier alpha value is -3.91. The third kappa shape index (κ3) is 5.28. The summed E-state index contributed by atoms with van der Waals surface area (Å²) < 4.78 is 39.8. The second kappa shape index (κ2) is 11.3. The lowest BCUT2D eigenvalue weighted by Crippen LogP contribution is -2.60. The minimum absolute atomic E-state index is 0.0548. The summed E-state index contributed by atoms with van der Waals surface area (Å²) in [7, 11) is 0. The van der Waals surface area contributed by atoms with Crippen molar-refractivity contribution >= 4 is 34.7 Å². The number of aliphatic carboxylic acids is 1. The number of aromatic nitrogens is 1. The summed E-state index contributed by atoms with van der Waals surface area (Å²) in [6.07, 6.45) is -8.69. The summed E-state index contributed by atoms with van der Waals surface area (Å²) in [6.45, 7) is 3.75. The maximum atomic E-state index is 14.2. The summed E-state index contributed by atoms with van der Waals surface area (Å²) in [5, 5.41) is 47.4. The fourth-order valence-electron chi connectivity index (χ4n) is 4.91. The zero-order valence-corrected chi connectivity index (χ0v) is 21.5. The van der Waals surface area contributed by atoms with Gasteiger partial charge in [-0.25, -0.2) is 13.6 Å². The topological polar surface area (TPSA) is 188 Å². The molecule has 1 saturated heterocycles. The number of esters is 1. The van der Waals surface area contributed by atoms with Crippen molar-refractivity contribution in [3.05, 3.63) is 58.8 Å². The van der Waals surface area contributed by atoms with Crippen LogP contribution in [-0.2, 0) is 25.5 Å². The molecular formula is C27H29F2N3O8. The van der Waals surface area contributed by atoms with Gasteiger partial charge in [-0.3, -0.25) is 4.79 Å². The number of carbonyl (C=O) groups is 2. The van der Waals surface area contributed by atoms with Crippen molar-refractivity contribution in [3.63, 3.8) is 0 Å². The van der Waals surface area contributed by atoms with Gasteiger partial charge >= 0.3 is 11.9 Å². The number of carboxylic acid groups (broad SMARTS) is 1. The SMILES string of the molecule is CC(C)c1c(CCC(=O)O[C@@H]2O[C@H](C(=O)O)[C@@H](O)[C@H](O)[C@H]2O)c2cc(N)c(C=N)cc2n1-c1ccc(F)c(F)c1. The number of ether oxygens (including phenoxy) is 2. The molecule has 11 nitrogen and oxygen atoms in total. The van der Waals surface area contributed by atoms with E-state index in [9.17, 15) is 38.8 Å². The van der Waals surface area contributed by atoms with Crippen molar-refractivity contribution in [1.29, 1.82) is 5.41 Å². The van der Waals surface area contributed by atoms with Crippen LogP contribution < -0.4 is 5.73 Å². The number of nitrogens with two attached hydrogens (primary N) is 1. The highest BCUT2D eigenvalue weighted by Crippen LogP contribution is 2.37. The number of carbonyl (C=O) groups excluding carboxylic acids is 1. The molecule has 3 aromatic rings. The molecular weight excluding hydrogens is 532 g/mol. The van der Waals surface area contributed by atoms with Crippen molar-refractivity contribution in [2.75, 3.05) is 5.73 Å². The second-order valence-electron chi connectivity index (χ2n) is 9.82. The summed E-state index contributed by atoms with van der Waals surface area (Å²) in [6, 6.07) is 6.71. The Balaban J connectivity index is 1.71. The molecule has 2 aromatic carbocycles. The number of carboxylic acids is 1. The quantitative estimate of drug-likeness (QED) is 0.136. The first-order valence-corrected chi connectivity index (χ1v) is 12.4. The summed E-state index contributed by atoms with van der Waals surface area (Å²) >= 11 is 0. The number of aryl methyl sites for hydroxylation is 1. The minimum Gasteiger partial charge on any atom is -0.479 e. The Morgan fingerprint density at radius 3 is 2.42 bits per heavy atom. The largest absolute Gasteiger partial charge is 0.479 e. The van der Waals surface area contributed by atoms with Crippen molar-refractivity contribution < 1.29 is 48.3 Å². The molecule has 1 fully saturated rings.